The van der Waals surface area contributed by atoms with Crippen molar-refractivity contribution in [1.82, 2.24) is 14.6 Å². The third-order valence-corrected chi connectivity index (χ3v) is 4.79. The second kappa shape index (κ2) is 6.74. The maximum Gasteiger partial charge on any atom is 0.231 e. The molecule has 1 amide bonds. The Bertz CT molecular complexity index is 937. The Hall–Kier alpha value is -2.96. The average Bonchev–Trinajstić information content (AvgIpc) is 3.09. The lowest BCUT2D eigenvalue weighted by Crippen LogP contribution is -2.41. The first-order chi connectivity index (χ1) is 12.6. The summed E-state index contributed by atoms with van der Waals surface area (Å²) in [6.45, 7) is 3.44. The van der Waals surface area contributed by atoms with Crippen molar-refractivity contribution < 1.29 is 9.18 Å². The Morgan fingerprint density at radius 2 is 2.00 bits per heavy atom. The highest BCUT2D eigenvalue weighted by Crippen LogP contribution is 2.24. The van der Waals surface area contributed by atoms with E-state index in [1.165, 1.54) is 12.1 Å². The number of fused-ring (bicyclic) bond motifs is 1. The molecule has 1 aliphatic rings. The molecule has 4 rings (SSSR count). The largest absolute Gasteiger partial charge is 0.340 e. The minimum Gasteiger partial charge on any atom is -0.340 e. The number of pyridine rings is 1. The molecule has 7 heteroatoms. The highest BCUT2D eigenvalue weighted by molar-refractivity contribution is 5.93. The number of aryl methyl sites for hydroxylation is 1. The van der Waals surface area contributed by atoms with Crippen molar-refractivity contribution in [3.8, 4) is 0 Å². The lowest BCUT2D eigenvalue weighted by atomic mass is 9.97. The molecule has 1 aliphatic heterocycles. The van der Waals surface area contributed by atoms with E-state index in [2.05, 4.69) is 20.4 Å². The predicted octanol–water partition coefficient (Wildman–Crippen LogP) is 3.03. The summed E-state index contributed by atoms with van der Waals surface area (Å²) in [7, 11) is 0. The van der Waals surface area contributed by atoms with Gasteiger partial charge >= 0.3 is 0 Å². The average molecular weight is 353 g/mol. The first-order valence-electron chi connectivity index (χ1n) is 8.74. The second-order valence-corrected chi connectivity index (χ2v) is 6.64. The second-order valence-electron chi connectivity index (χ2n) is 6.64. The minimum atomic E-state index is -0.319. The molecular formula is C19H20FN5O. The molecule has 0 bridgehead atoms. The zero-order valence-electron chi connectivity index (χ0n) is 14.5. The van der Waals surface area contributed by atoms with E-state index in [9.17, 15) is 9.18 Å². The maximum absolute atomic E-state index is 13.0. The molecule has 26 heavy (non-hydrogen) atoms. The number of halogens is 1. The summed E-state index contributed by atoms with van der Waals surface area (Å²) in [5.74, 6) is 0.260. The molecule has 6 nitrogen and oxygen atoms in total. The van der Waals surface area contributed by atoms with E-state index in [1.54, 1.807) is 12.1 Å². The van der Waals surface area contributed by atoms with Crippen molar-refractivity contribution in [3.05, 3.63) is 54.0 Å². The van der Waals surface area contributed by atoms with Gasteiger partial charge < -0.3 is 10.2 Å². The topological polar surface area (TPSA) is 62.5 Å². The highest BCUT2D eigenvalue weighted by atomic mass is 19.1. The van der Waals surface area contributed by atoms with Crippen LogP contribution in [0.3, 0.4) is 0 Å². The third-order valence-electron chi connectivity index (χ3n) is 4.79. The first-order valence-corrected chi connectivity index (χ1v) is 8.74. The first kappa shape index (κ1) is 16.5. The van der Waals surface area contributed by atoms with Crippen LogP contribution < -0.4 is 10.2 Å². The minimum absolute atomic E-state index is 0.0492. The Kier molecular flexibility index (Phi) is 4.28. The van der Waals surface area contributed by atoms with Gasteiger partial charge in [0.2, 0.25) is 11.9 Å². The van der Waals surface area contributed by atoms with E-state index >= 15 is 0 Å². The van der Waals surface area contributed by atoms with Crippen LogP contribution in [0.4, 0.5) is 16.0 Å². The third kappa shape index (κ3) is 3.12. The van der Waals surface area contributed by atoms with Crippen molar-refractivity contribution in [1.29, 1.82) is 0 Å². The van der Waals surface area contributed by atoms with E-state index in [0.717, 1.165) is 36.7 Å². The van der Waals surface area contributed by atoms with Crippen LogP contribution in [0.2, 0.25) is 0 Å². The van der Waals surface area contributed by atoms with E-state index in [-0.39, 0.29) is 17.6 Å². The number of amides is 1. The normalized spacial score (nSPS) is 17.5. The molecule has 1 atom stereocenters. The molecule has 1 aromatic carbocycles. The van der Waals surface area contributed by atoms with Crippen LogP contribution in [0.5, 0.6) is 0 Å². The molecule has 1 N–H and O–H groups in total. The van der Waals surface area contributed by atoms with Crippen LogP contribution in [0, 0.1) is 18.7 Å². The fourth-order valence-electron chi connectivity index (χ4n) is 3.44. The van der Waals surface area contributed by atoms with Crippen LogP contribution in [-0.4, -0.2) is 33.6 Å². The molecule has 1 fully saturated rings. The molecule has 0 saturated carbocycles. The van der Waals surface area contributed by atoms with Gasteiger partial charge in [-0.05, 0) is 56.2 Å². The number of nitrogens with zero attached hydrogens (tertiary/aromatic N) is 4. The molecule has 0 radical (unpaired) electrons. The van der Waals surface area contributed by atoms with Gasteiger partial charge in [0.05, 0.1) is 5.92 Å². The van der Waals surface area contributed by atoms with Crippen LogP contribution >= 0.6 is 0 Å². The number of aromatic nitrogens is 3. The van der Waals surface area contributed by atoms with E-state index in [0.29, 0.717) is 12.2 Å². The van der Waals surface area contributed by atoms with Crippen LogP contribution in [0.25, 0.3) is 5.65 Å². The lowest BCUT2D eigenvalue weighted by molar-refractivity contribution is -0.120. The standard InChI is InChI=1S/C19H20FN5O/c1-13-4-2-6-17-22-23-19(25(13)17)24-11-3-5-14(12-24)18(26)21-16-9-7-15(20)8-10-16/h2,4,6-10,14H,3,5,11-12H2,1H3,(H,21,26)/t14-/m0/s1. The molecule has 2 aromatic heterocycles. The van der Waals surface area contributed by atoms with Gasteiger partial charge in [0.1, 0.15) is 5.82 Å². The Balaban J connectivity index is 1.51. The summed E-state index contributed by atoms with van der Waals surface area (Å²) in [6.07, 6.45) is 1.72. The van der Waals surface area contributed by atoms with Gasteiger partial charge in [-0.2, -0.15) is 0 Å². The molecule has 0 aliphatic carbocycles. The van der Waals surface area contributed by atoms with Crippen molar-refractivity contribution in [2.24, 2.45) is 5.92 Å². The van der Waals surface area contributed by atoms with Crippen molar-refractivity contribution in [2.75, 3.05) is 23.3 Å². The molecule has 3 aromatic rings. The Morgan fingerprint density at radius 1 is 1.19 bits per heavy atom. The van der Waals surface area contributed by atoms with Gasteiger partial charge in [-0.3, -0.25) is 9.20 Å². The van der Waals surface area contributed by atoms with Gasteiger partial charge in [0, 0.05) is 24.5 Å². The number of rotatable bonds is 3. The monoisotopic (exact) mass is 353 g/mol. The summed E-state index contributed by atoms with van der Waals surface area (Å²) in [6, 6.07) is 11.7. The quantitative estimate of drug-likeness (QED) is 0.786. The zero-order chi connectivity index (χ0) is 18.1. The van der Waals surface area contributed by atoms with Crippen LogP contribution in [0.15, 0.2) is 42.5 Å². The van der Waals surface area contributed by atoms with Crippen LogP contribution in [0.1, 0.15) is 18.5 Å². The number of hydrogen-bond donors (Lipinski definition) is 1. The Morgan fingerprint density at radius 3 is 2.81 bits per heavy atom. The molecule has 134 valence electrons. The number of anilines is 2. The van der Waals surface area contributed by atoms with Crippen molar-refractivity contribution in [3.63, 3.8) is 0 Å². The smallest absolute Gasteiger partial charge is 0.231 e. The SMILES string of the molecule is Cc1cccc2nnc(N3CCC[C@H](C(=O)Nc4ccc(F)cc4)C3)n12. The fourth-order valence-corrected chi connectivity index (χ4v) is 3.44. The Labute approximate surface area is 150 Å². The number of benzene rings is 1. The van der Waals surface area contributed by atoms with Crippen molar-refractivity contribution in [2.45, 2.75) is 19.8 Å². The predicted molar refractivity (Wildman–Crippen MR) is 97.7 cm³/mol. The van der Waals surface area contributed by atoms with Gasteiger partial charge in [0.25, 0.3) is 0 Å². The fraction of sp³-hybridized carbons (Fsp3) is 0.316. The molecule has 1 saturated heterocycles. The molecule has 3 heterocycles. The number of carbonyl (C=O) groups is 1. The van der Waals surface area contributed by atoms with E-state index in [1.807, 2.05) is 29.5 Å². The maximum atomic E-state index is 13.0. The molecular weight excluding hydrogens is 333 g/mol. The van der Waals surface area contributed by atoms with Gasteiger partial charge in [0.15, 0.2) is 5.65 Å². The van der Waals surface area contributed by atoms with Gasteiger partial charge in [-0.1, -0.05) is 6.07 Å². The summed E-state index contributed by atoms with van der Waals surface area (Å²) >= 11 is 0. The summed E-state index contributed by atoms with van der Waals surface area (Å²) in [5.41, 5.74) is 2.47. The van der Waals surface area contributed by atoms with Crippen molar-refractivity contribution >= 4 is 23.2 Å². The summed E-state index contributed by atoms with van der Waals surface area (Å²) < 4.78 is 15.0. The summed E-state index contributed by atoms with van der Waals surface area (Å²) in [4.78, 5) is 14.7. The lowest BCUT2D eigenvalue weighted by Gasteiger charge is -2.32. The van der Waals surface area contributed by atoms with E-state index in [4.69, 9.17) is 0 Å². The van der Waals surface area contributed by atoms with E-state index < -0.39 is 0 Å². The number of piperidine rings is 1. The zero-order valence-corrected chi connectivity index (χ0v) is 14.5. The molecule has 0 spiro atoms. The number of hydrogen-bond acceptors (Lipinski definition) is 4. The van der Waals surface area contributed by atoms with Gasteiger partial charge in [-0.25, -0.2) is 4.39 Å². The summed E-state index contributed by atoms with van der Waals surface area (Å²) in [5, 5.41) is 11.4. The number of carbonyl (C=O) groups excluding carboxylic acids is 1. The highest BCUT2D eigenvalue weighted by Gasteiger charge is 2.28. The van der Waals surface area contributed by atoms with Crippen LogP contribution in [-0.2, 0) is 4.79 Å². The number of nitrogens with one attached hydrogen (secondary N) is 1. The molecule has 0 unspecified atom stereocenters. The van der Waals surface area contributed by atoms with Gasteiger partial charge in [-0.15, -0.1) is 10.2 Å².